The number of halogens is 1. The van der Waals surface area contributed by atoms with Crippen LogP contribution in [0.2, 0.25) is 0 Å². The van der Waals surface area contributed by atoms with E-state index < -0.39 is 6.04 Å². The fourth-order valence-electron chi connectivity index (χ4n) is 3.15. The molecule has 2 aliphatic heterocycles. The summed E-state index contributed by atoms with van der Waals surface area (Å²) in [5.41, 5.74) is 0.886. The molecule has 3 rings (SSSR count). The summed E-state index contributed by atoms with van der Waals surface area (Å²) in [6, 6.07) is 5.65. The molecule has 1 aromatic rings. The minimum atomic E-state index is -0.417. The Morgan fingerprint density at radius 2 is 1.86 bits per heavy atom. The Morgan fingerprint density at radius 3 is 2.52 bits per heavy atom. The van der Waals surface area contributed by atoms with Crippen LogP contribution in [0.25, 0.3) is 0 Å². The number of carbonyl (C=O) groups excluding carboxylic acids is 2. The van der Waals surface area contributed by atoms with Gasteiger partial charge in [-0.1, -0.05) is 12.1 Å². The fraction of sp³-hybridized carbons (Fsp3) is 0.467. The number of piperazine rings is 1. The van der Waals surface area contributed by atoms with Crippen molar-refractivity contribution in [2.24, 2.45) is 0 Å². The van der Waals surface area contributed by atoms with Crippen molar-refractivity contribution in [1.82, 2.24) is 14.7 Å². The Kier molecular flexibility index (Phi) is 3.31. The third-order valence-electron chi connectivity index (χ3n) is 4.24. The molecule has 0 aromatic heterocycles. The van der Waals surface area contributed by atoms with Gasteiger partial charge in [0, 0.05) is 26.7 Å². The second kappa shape index (κ2) is 5.02. The van der Waals surface area contributed by atoms with E-state index in [4.69, 9.17) is 0 Å². The zero-order valence-corrected chi connectivity index (χ0v) is 12.1. The molecule has 0 spiro atoms. The molecule has 0 bridgehead atoms. The molecule has 112 valence electrons. The highest BCUT2D eigenvalue weighted by Crippen LogP contribution is 2.26. The van der Waals surface area contributed by atoms with Gasteiger partial charge in [-0.3, -0.25) is 4.79 Å². The molecule has 2 heterocycles. The van der Waals surface area contributed by atoms with Crippen LogP contribution in [-0.2, 0) is 11.3 Å². The van der Waals surface area contributed by atoms with Crippen LogP contribution in [0, 0.1) is 5.82 Å². The van der Waals surface area contributed by atoms with Gasteiger partial charge in [-0.05, 0) is 24.6 Å². The number of nitrogens with zero attached hydrogens (tertiary/aromatic N) is 3. The molecule has 3 amide bonds. The van der Waals surface area contributed by atoms with Crippen molar-refractivity contribution < 1.29 is 14.0 Å². The molecule has 2 aliphatic rings. The number of hydrogen-bond donors (Lipinski definition) is 0. The summed E-state index contributed by atoms with van der Waals surface area (Å²) < 4.78 is 12.9. The average Bonchev–Trinajstić information content (AvgIpc) is 2.75. The molecule has 1 aromatic carbocycles. The molecule has 0 unspecified atom stereocenters. The largest absolute Gasteiger partial charge is 0.342 e. The molecule has 2 atom stereocenters. The summed E-state index contributed by atoms with van der Waals surface area (Å²) in [6.07, 6.45) is 0. The molecule has 0 aliphatic carbocycles. The van der Waals surface area contributed by atoms with Crippen molar-refractivity contribution in [2.45, 2.75) is 25.6 Å². The summed E-state index contributed by atoms with van der Waals surface area (Å²) in [5.74, 6) is -0.312. The predicted molar refractivity (Wildman–Crippen MR) is 74.9 cm³/mol. The number of fused-ring (bicyclic) bond motifs is 1. The third kappa shape index (κ3) is 2.34. The van der Waals surface area contributed by atoms with Crippen LogP contribution >= 0.6 is 0 Å². The standard InChI is InChI=1S/C15H18FN3O2/c1-10-14(20)17(2)8-13-9-18(15(21)19(10)13)7-11-3-5-12(16)6-4-11/h3-6,10,13H,7-9H2,1-2H3/t10-,13+/m0/s1. The van der Waals surface area contributed by atoms with Gasteiger partial charge in [0.1, 0.15) is 11.9 Å². The van der Waals surface area contributed by atoms with Gasteiger partial charge in [-0.2, -0.15) is 0 Å². The monoisotopic (exact) mass is 291 g/mol. The molecule has 0 saturated carbocycles. The number of likely N-dealkylation sites (N-methyl/N-ethyl adjacent to an activating group) is 1. The number of hydrogen-bond acceptors (Lipinski definition) is 2. The SMILES string of the molecule is C[C@H]1C(=O)N(C)C[C@@H]2CN(Cc3ccc(F)cc3)C(=O)N21. The van der Waals surface area contributed by atoms with Gasteiger partial charge in [0.2, 0.25) is 5.91 Å². The topological polar surface area (TPSA) is 43.9 Å². The first-order valence-corrected chi connectivity index (χ1v) is 7.04. The van der Waals surface area contributed by atoms with E-state index in [1.165, 1.54) is 12.1 Å². The third-order valence-corrected chi connectivity index (χ3v) is 4.24. The summed E-state index contributed by atoms with van der Waals surface area (Å²) in [5, 5.41) is 0. The normalized spacial score (nSPS) is 25.6. The number of benzene rings is 1. The minimum Gasteiger partial charge on any atom is -0.342 e. The first kappa shape index (κ1) is 13.9. The quantitative estimate of drug-likeness (QED) is 0.824. The van der Waals surface area contributed by atoms with Gasteiger partial charge < -0.3 is 14.7 Å². The van der Waals surface area contributed by atoms with E-state index in [-0.39, 0.29) is 23.8 Å². The molecule has 5 nitrogen and oxygen atoms in total. The lowest BCUT2D eigenvalue weighted by Crippen LogP contribution is -2.58. The highest BCUT2D eigenvalue weighted by atomic mass is 19.1. The van der Waals surface area contributed by atoms with Crippen LogP contribution in [0.15, 0.2) is 24.3 Å². The molecule has 21 heavy (non-hydrogen) atoms. The molecule has 0 radical (unpaired) electrons. The summed E-state index contributed by atoms with van der Waals surface area (Å²) in [6.45, 7) is 3.37. The molecular weight excluding hydrogens is 273 g/mol. The summed E-state index contributed by atoms with van der Waals surface area (Å²) in [7, 11) is 1.77. The van der Waals surface area contributed by atoms with Crippen LogP contribution in [0.1, 0.15) is 12.5 Å². The molecule has 2 fully saturated rings. The fourth-order valence-corrected chi connectivity index (χ4v) is 3.15. The lowest BCUT2D eigenvalue weighted by atomic mass is 10.1. The number of urea groups is 1. The average molecular weight is 291 g/mol. The van der Waals surface area contributed by atoms with Crippen molar-refractivity contribution in [1.29, 1.82) is 0 Å². The highest BCUT2D eigenvalue weighted by molar-refractivity contribution is 5.89. The molecule has 6 heteroatoms. The maximum Gasteiger partial charge on any atom is 0.321 e. The van der Waals surface area contributed by atoms with Gasteiger partial charge in [-0.15, -0.1) is 0 Å². The van der Waals surface area contributed by atoms with Gasteiger partial charge in [-0.25, -0.2) is 9.18 Å². The van der Waals surface area contributed by atoms with E-state index in [1.54, 1.807) is 40.8 Å². The Hall–Kier alpha value is -2.11. The van der Waals surface area contributed by atoms with Crippen LogP contribution in [-0.4, -0.2) is 58.9 Å². The maximum absolute atomic E-state index is 12.9. The first-order chi connectivity index (χ1) is 9.97. The van der Waals surface area contributed by atoms with E-state index in [9.17, 15) is 14.0 Å². The van der Waals surface area contributed by atoms with Crippen LogP contribution < -0.4 is 0 Å². The van der Waals surface area contributed by atoms with E-state index >= 15 is 0 Å². The van der Waals surface area contributed by atoms with Crippen LogP contribution in [0.3, 0.4) is 0 Å². The van der Waals surface area contributed by atoms with Crippen molar-refractivity contribution in [3.8, 4) is 0 Å². The molecule has 0 N–H and O–H groups in total. The predicted octanol–water partition coefficient (Wildman–Crippen LogP) is 1.29. The zero-order chi connectivity index (χ0) is 15.1. The maximum atomic E-state index is 12.9. The number of carbonyl (C=O) groups is 2. The Morgan fingerprint density at radius 1 is 1.19 bits per heavy atom. The lowest BCUT2D eigenvalue weighted by molar-refractivity contribution is -0.139. The van der Waals surface area contributed by atoms with Crippen LogP contribution in [0.5, 0.6) is 0 Å². The Bertz CT molecular complexity index is 575. The van der Waals surface area contributed by atoms with Crippen molar-refractivity contribution >= 4 is 11.9 Å². The van der Waals surface area contributed by atoms with E-state index in [2.05, 4.69) is 0 Å². The molecule has 2 saturated heterocycles. The Labute approximate surface area is 122 Å². The van der Waals surface area contributed by atoms with Crippen LogP contribution in [0.4, 0.5) is 9.18 Å². The molecular formula is C15H18FN3O2. The smallest absolute Gasteiger partial charge is 0.321 e. The van der Waals surface area contributed by atoms with E-state index in [0.29, 0.717) is 19.6 Å². The lowest BCUT2D eigenvalue weighted by Gasteiger charge is -2.38. The number of amides is 3. The number of rotatable bonds is 2. The summed E-state index contributed by atoms with van der Waals surface area (Å²) >= 11 is 0. The van der Waals surface area contributed by atoms with Crippen molar-refractivity contribution in [2.75, 3.05) is 20.1 Å². The second-order valence-electron chi connectivity index (χ2n) is 5.75. The zero-order valence-electron chi connectivity index (χ0n) is 12.1. The van der Waals surface area contributed by atoms with Gasteiger partial charge in [0.15, 0.2) is 0 Å². The van der Waals surface area contributed by atoms with Gasteiger partial charge in [0.25, 0.3) is 0 Å². The van der Waals surface area contributed by atoms with E-state index in [0.717, 1.165) is 5.56 Å². The van der Waals surface area contributed by atoms with E-state index in [1.807, 2.05) is 0 Å². The first-order valence-electron chi connectivity index (χ1n) is 7.04. The second-order valence-corrected chi connectivity index (χ2v) is 5.75. The highest BCUT2D eigenvalue weighted by Gasteiger charge is 2.46. The minimum absolute atomic E-state index is 0.0248. The van der Waals surface area contributed by atoms with Gasteiger partial charge >= 0.3 is 6.03 Å². The van der Waals surface area contributed by atoms with Gasteiger partial charge in [0.05, 0.1) is 6.04 Å². The summed E-state index contributed by atoms with van der Waals surface area (Å²) in [4.78, 5) is 29.5. The van der Waals surface area contributed by atoms with Crippen molar-refractivity contribution in [3.63, 3.8) is 0 Å². The Balaban J connectivity index is 1.76. The van der Waals surface area contributed by atoms with Crippen molar-refractivity contribution in [3.05, 3.63) is 35.6 Å².